The summed E-state index contributed by atoms with van der Waals surface area (Å²) < 4.78 is 51.0. The second kappa shape index (κ2) is 49.5. The molecule has 139 heavy (non-hydrogen) atoms. The Morgan fingerprint density at radius 1 is 0.511 bits per heavy atom. The van der Waals surface area contributed by atoms with E-state index in [9.17, 15) is 63.5 Å². The monoisotopic (exact) mass is 1950 g/mol. The van der Waals surface area contributed by atoms with E-state index >= 15 is 56.7 Å². The number of fused-ring (bicyclic) bond motifs is 3. The largest absolute Gasteiger partial charge is 0.508 e. The van der Waals surface area contributed by atoms with E-state index in [1.165, 1.54) is 81.6 Å². The van der Waals surface area contributed by atoms with Gasteiger partial charge in [0.1, 0.15) is 90.0 Å². The summed E-state index contributed by atoms with van der Waals surface area (Å²) in [6.07, 6.45) is -6.35. The van der Waals surface area contributed by atoms with Crippen LogP contribution in [0.15, 0.2) is 152 Å². The number of para-hydroxylation sites is 1. The Balaban J connectivity index is 1.07. The van der Waals surface area contributed by atoms with E-state index < -0.39 is 290 Å². The molecule has 0 spiro atoms. The zero-order valence-electron chi connectivity index (χ0n) is 77.3. The summed E-state index contributed by atoms with van der Waals surface area (Å²) in [7, 11) is 3.34. The summed E-state index contributed by atoms with van der Waals surface area (Å²) in [5.41, 5.74) is 7.50. The van der Waals surface area contributed by atoms with Crippen LogP contribution in [0.2, 0.25) is 0 Å². The van der Waals surface area contributed by atoms with Crippen LogP contribution in [-0.2, 0) is 125 Å². The Hall–Kier alpha value is -14.5. The van der Waals surface area contributed by atoms with Crippen molar-refractivity contribution >= 4 is 123 Å². The van der Waals surface area contributed by atoms with Gasteiger partial charge in [0.2, 0.25) is 88.6 Å². The molecule has 0 aliphatic carbocycles. The second-order valence-electron chi connectivity index (χ2n) is 35.3. The average molecular weight is 1950 g/mol. The summed E-state index contributed by atoms with van der Waals surface area (Å²) in [5, 5.41) is 76.7. The standard InChI is InChI=1S/C96H115F3N16O23S/c1-51(2)34-66-85(126)109-72(84(125)102-46-78(100)119)49-139-50-79(120)103-70(39-57-35-63(97)82(99)64(98)36-57)92(133)113(7)76(41-54-18-12-9-13-19-54)94(135)111(5)73(30-31-80(121)122)95(136)115-47-61(118)43-75(115)90(131)107-69(44-81(123)124)88(129)110-83(52(3)4)96(137)112(6)74(40-53-16-10-8-11-17-53)89(130)108-71(38-56-24-28-60(117)29-25-56)93(134)114-32-33-138-48-77(114)91(132)106-68(42-58-45-101-65-21-15-14-20-62(58)65)87(128)105-67(86(127)104-66)37-55-22-26-59(116)27-23-55/h8-29,35-36,45,51-52,61,66-77,83,101,116-118H,30-34,37-44,46-50H2,1-7H3,(H2,100,119)(H,102,125)(H,103,120)(H,104,127)(H,105,128)(H,106,132)(H,107,131)(H,108,130)(H,109,126)(H,110,129)(H,121,122)(H,123,124)/t61-,66+,67+,68-,69+,70+,71+,72+,73+,74+,75-,76+,77-,83+/m1/s1. The molecular weight excluding hydrogens is 1830 g/mol. The topological polar surface area (TPSA) is 567 Å². The Morgan fingerprint density at radius 2 is 1.01 bits per heavy atom. The lowest BCUT2D eigenvalue weighted by atomic mass is 9.98. The van der Waals surface area contributed by atoms with Crippen LogP contribution in [0.5, 0.6) is 11.5 Å². The van der Waals surface area contributed by atoms with E-state index in [4.69, 9.17) is 10.5 Å². The number of ether oxygens (including phenoxy) is 1. The van der Waals surface area contributed by atoms with Crippen LogP contribution in [0.1, 0.15) is 93.2 Å². The van der Waals surface area contributed by atoms with Gasteiger partial charge in [-0.25, -0.2) is 13.2 Å². The molecular formula is C96H115F3N16O23S. The minimum atomic E-state index is -2.13. The van der Waals surface area contributed by atoms with Crippen LogP contribution >= 0.6 is 11.8 Å². The number of nitrogens with two attached hydrogens (primary N) is 1. The fraction of sp³-hybridized carbons (Fsp3) is 0.427. The number of amides is 15. The smallest absolute Gasteiger partial charge is 0.305 e. The molecule has 10 rings (SSSR count). The normalized spacial score (nSPS) is 23.7. The van der Waals surface area contributed by atoms with Crippen molar-refractivity contribution < 1.29 is 125 Å². The molecule has 3 saturated heterocycles. The number of aromatic amines is 1. The van der Waals surface area contributed by atoms with Crippen molar-refractivity contribution in [2.45, 2.75) is 183 Å². The van der Waals surface area contributed by atoms with E-state index in [1.54, 1.807) is 92.8 Å². The number of likely N-dealkylation sites (N-methyl/N-ethyl adjacent to an activating group) is 3. The molecule has 14 atom stereocenters. The number of carbonyl (C=O) groups is 17. The van der Waals surface area contributed by atoms with E-state index in [2.05, 4.69) is 52.8 Å². The maximum atomic E-state index is 15.9. The van der Waals surface area contributed by atoms with Crippen LogP contribution in [0, 0.1) is 29.3 Å². The van der Waals surface area contributed by atoms with Gasteiger partial charge >= 0.3 is 11.9 Å². The summed E-state index contributed by atoms with van der Waals surface area (Å²) in [6.45, 7) is 3.76. The third-order valence-electron chi connectivity index (χ3n) is 24.1. The maximum Gasteiger partial charge on any atom is 0.305 e. The molecule has 15 amide bonds. The van der Waals surface area contributed by atoms with Crippen molar-refractivity contribution in [3.05, 3.63) is 203 Å². The number of aromatic hydroxyl groups is 2. The van der Waals surface area contributed by atoms with Gasteiger partial charge in [-0.2, -0.15) is 0 Å². The molecule has 17 N–H and O–H groups in total. The third kappa shape index (κ3) is 29.5. The summed E-state index contributed by atoms with van der Waals surface area (Å²) in [6, 6.07) is 11.9. The van der Waals surface area contributed by atoms with Crippen molar-refractivity contribution in [1.29, 1.82) is 0 Å². The number of phenolic OH excluding ortho intramolecular Hbond substituents is 2. The van der Waals surface area contributed by atoms with E-state index in [1.807, 2.05) is 0 Å². The highest BCUT2D eigenvalue weighted by Gasteiger charge is 2.48. The molecule has 4 heterocycles. The van der Waals surface area contributed by atoms with Crippen LogP contribution in [0.3, 0.4) is 0 Å². The number of carboxylic acids is 2. The number of thioether (sulfide) groups is 1. The minimum absolute atomic E-state index is 0.181. The molecule has 0 unspecified atom stereocenters. The molecule has 0 saturated carbocycles. The Bertz CT molecular complexity index is 5610. The Morgan fingerprint density at radius 3 is 1.60 bits per heavy atom. The molecule has 0 bridgehead atoms. The van der Waals surface area contributed by atoms with Gasteiger partial charge in [0.15, 0.2) is 17.5 Å². The first kappa shape index (κ1) is 107. The van der Waals surface area contributed by atoms with Gasteiger partial charge in [-0.3, -0.25) is 81.5 Å². The number of carbonyl (C=O) groups excluding carboxylic acids is 15. The van der Waals surface area contributed by atoms with Crippen LogP contribution in [0.25, 0.3) is 10.9 Å². The van der Waals surface area contributed by atoms with Crippen molar-refractivity contribution in [2.75, 3.05) is 65.5 Å². The number of aliphatic carboxylic acids is 2. The summed E-state index contributed by atoms with van der Waals surface area (Å²) in [5.74, 6) is -28.1. The number of H-pyrrole nitrogens is 1. The number of halogens is 3. The third-order valence-corrected chi connectivity index (χ3v) is 25.1. The molecule has 3 aliphatic heterocycles. The number of carboxylic acid groups (broad SMARTS) is 2. The maximum absolute atomic E-state index is 15.9. The second-order valence-corrected chi connectivity index (χ2v) is 36.3. The molecule has 6 aromatic carbocycles. The van der Waals surface area contributed by atoms with E-state index in [-0.39, 0.29) is 56.8 Å². The predicted octanol–water partition coefficient (Wildman–Crippen LogP) is 0.691. The van der Waals surface area contributed by atoms with Crippen molar-refractivity contribution in [2.24, 2.45) is 17.6 Å². The number of aliphatic hydroxyl groups excluding tert-OH is 1. The number of aromatic nitrogens is 1. The van der Waals surface area contributed by atoms with Gasteiger partial charge in [0.05, 0.1) is 38.0 Å². The summed E-state index contributed by atoms with van der Waals surface area (Å²) in [4.78, 5) is 259. The number of primary amides is 1. The van der Waals surface area contributed by atoms with Gasteiger partial charge in [0.25, 0.3) is 0 Å². The number of morpholine rings is 1. The minimum Gasteiger partial charge on any atom is -0.508 e. The Labute approximate surface area is 801 Å². The lowest BCUT2D eigenvalue weighted by Gasteiger charge is -2.38. The number of hydrogen-bond acceptors (Lipinski definition) is 22. The van der Waals surface area contributed by atoms with Gasteiger partial charge in [-0.05, 0) is 101 Å². The molecule has 744 valence electrons. The lowest BCUT2D eigenvalue weighted by Crippen LogP contribution is -2.64. The molecule has 7 aromatic rings. The van der Waals surface area contributed by atoms with Gasteiger partial charge < -0.3 is 113 Å². The van der Waals surface area contributed by atoms with Crippen LogP contribution in [0.4, 0.5) is 13.2 Å². The van der Waals surface area contributed by atoms with Crippen molar-refractivity contribution in [3.63, 3.8) is 0 Å². The highest BCUT2D eigenvalue weighted by molar-refractivity contribution is 8.00. The number of phenols is 2. The SMILES string of the molecule is CC(C)C[C@@H]1NC(=O)[C@H](Cc2ccc(O)cc2)NC(=O)[C@@H](Cc2c[nH]c3ccccc23)NC(=O)[C@H]2COCCN2C(=O)[C@H](Cc2ccc(O)cc2)NC(=O)[C@H](Cc2ccccc2)N(C)C(=O)[C@H](C(C)C)NC(=O)[C@H](CC(=O)O)NC(=O)[C@H]2C[C@@H](O)CN2C(=O)[C@H](CCC(=O)O)N(C)C(=O)[C@H](Cc2ccccc2)N(C)C(=O)[C@H](Cc2cc(F)c(F)c(F)c2)NC(=O)CSC[C@@H](C(=O)NCC(N)=O)NC1=O. The zero-order valence-corrected chi connectivity index (χ0v) is 78.2. The quantitative estimate of drug-likeness (QED) is 0.0392. The molecule has 39 nitrogen and oxygen atoms in total. The van der Waals surface area contributed by atoms with Gasteiger partial charge in [-0.15, -0.1) is 11.8 Å². The molecule has 3 fully saturated rings. The van der Waals surface area contributed by atoms with Crippen molar-refractivity contribution in [1.82, 2.24) is 77.3 Å². The van der Waals surface area contributed by atoms with Crippen LogP contribution < -0.4 is 53.6 Å². The number of nitrogens with one attached hydrogen (secondary N) is 10. The number of aliphatic hydroxyl groups is 1. The van der Waals surface area contributed by atoms with Gasteiger partial charge in [0, 0.05) is 108 Å². The molecule has 0 radical (unpaired) electrons. The molecule has 3 aliphatic rings. The lowest BCUT2D eigenvalue weighted by molar-refractivity contribution is -0.153. The first-order valence-corrected chi connectivity index (χ1v) is 46.2. The van der Waals surface area contributed by atoms with E-state index in [0.29, 0.717) is 62.6 Å². The fourth-order valence-electron chi connectivity index (χ4n) is 16.7. The number of nitrogens with zero attached hydrogens (tertiary/aromatic N) is 5. The number of hydrogen-bond donors (Lipinski definition) is 16. The summed E-state index contributed by atoms with van der Waals surface area (Å²) >= 11 is 0.615. The first-order valence-electron chi connectivity index (χ1n) is 45.0. The molecule has 43 heteroatoms. The zero-order chi connectivity index (χ0) is 101. The highest BCUT2D eigenvalue weighted by Crippen LogP contribution is 2.29. The fourth-order valence-corrected chi connectivity index (χ4v) is 17.5. The highest BCUT2D eigenvalue weighted by atomic mass is 32.2. The van der Waals surface area contributed by atoms with Gasteiger partial charge in [-0.1, -0.05) is 131 Å². The average Bonchev–Trinajstić information content (AvgIpc) is 1.76. The van der Waals surface area contributed by atoms with Crippen molar-refractivity contribution in [3.8, 4) is 11.5 Å². The van der Waals surface area contributed by atoms with Crippen LogP contribution in [-0.4, -0.2) is 306 Å². The first-order chi connectivity index (χ1) is 66.0. The predicted molar refractivity (Wildman–Crippen MR) is 496 cm³/mol. The molecule has 1 aromatic heterocycles. The van der Waals surface area contributed by atoms with E-state index in [0.717, 1.165) is 38.6 Å². The number of rotatable bonds is 23. The number of benzene rings is 6. The Kier molecular flexibility index (Phi) is 37.9.